The number of ether oxygens (including phenoxy) is 3. The van der Waals surface area contributed by atoms with E-state index < -0.39 is 0 Å². The largest absolute Gasteiger partial charge is 0.454 e. The Labute approximate surface area is 224 Å². The third-order valence-electron chi connectivity index (χ3n) is 5.81. The van der Waals surface area contributed by atoms with Crippen molar-refractivity contribution in [3.05, 3.63) is 79.5 Å². The van der Waals surface area contributed by atoms with Crippen LogP contribution in [0.3, 0.4) is 0 Å². The molecule has 36 heavy (non-hydrogen) atoms. The Bertz CT molecular complexity index is 1250. The summed E-state index contributed by atoms with van der Waals surface area (Å²) in [5.41, 5.74) is 2.37. The van der Waals surface area contributed by atoms with Crippen molar-refractivity contribution in [2.45, 2.75) is 20.0 Å². The van der Waals surface area contributed by atoms with Gasteiger partial charge in [-0.3, -0.25) is 9.59 Å². The molecule has 1 aliphatic heterocycles. The summed E-state index contributed by atoms with van der Waals surface area (Å²) in [6, 6.07) is 12.3. The third-order valence-corrected chi connectivity index (χ3v) is 7.56. The fraction of sp³-hybridized carbons (Fsp3) is 0.308. The molecule has 4 rings (SSSR count). The van der Waals surface area contributed by atoms with Crippen LogP contribution in [0.15, 0.2) is 47.8 Å². The van der Waals surface area contributed by atoms with E-state index in [0.29, 0.717) is 35.2 Å². The van der Waals surface area contributed by atoms with E-state index in [1.54, 1.807) is 35.5 Å². The molecule has 0 saturated carbocycles. The Kier molecular flexibility index (Phi) is 8.74. The first-order valence-corrected chi connectivity index (χ1v) is 12.9. The highest BCUT2D eigenvalue weighted by Crippen LogP contribution is 2.33. The zero-order valence-electron chi connectivity index (χ0n) is 20.0. The van der Waals surface area contributed by atoms with E-state index in [4.69, 9.17) is 37.4 Å². The van der Waals surface area contributed by atoms with E-state index in [-0.39, 0.29) is 43.3 Å². The molecular formula is C26H26Cl2N2O5S. The summed E-state index contributed by atoms with van der Waals surface area (Å²) in [6.07, 6.45) is 0. The molecule has 0 atom stereocenters. The molecular weight excluding hydrogens is 523 g/mol. The Morgan fingerprint density at radius 3 is 2.53 bits per heavy atom. The minimum Gasteiger partial charge on any atom is -0.454 e. The summed E-state index contributed by atoms with van der Waals surface area (Å²) in [7, 11) is 1.55. The summed E-state index contributed by atoms with van der Waals surface area (Å²) < 4.78 is 16.1. The van der Waals surface area contributed by atoms with Gasteiger partial charge >= 0.3 is 0 Å². The smallest absolute Gasteiger partial charge is 0.254 e. The van der Waals surface area contributed by atoms with Gasteiger partial charge in [0.25, 0.3) is 5.91 Å². The van der Waals surface area contributed by atoms with Crippen LogP contribution in [0.25, 0.3) is 0 Å². The highest BCUT2D eigenvalue weighted by atomic mass is 35.5. The van der Waals surface area contributed by atoms with Crippen LogP contribution in [0.1, 0.15) is 26.4 Å². The van der Waals surface area contributed by atoms with Crippen LogP contribution in [-0.4, -0.2) is 55.2 Å². The van der Waals surface area contributed by atoms with Gasteiger partial charge in [-0.05, 0) is 59.8 Å². The predicted octanol–water partition coefficient (Wildman–Crippen LogP) is 5.41. The number of halogens is 2. The Morgan fingerprint density at radius 1 is 1.00 bits per heavy atom. The second-order valence-corrected chi connectivity index (χ2v) is 10.1. The summed E-state index contributed by atoms with van der Waals surface area (Å²) in [6.45, 7) is 3.40. The van der Waals surface area contributed by atoms with Crippen molar-refractivity contribution >= 4 is 46.4 Å². The second kappa shape index (κ2) is 12.0. The number of rotatable bonds is 10. The first-order chi connectivity index (χ1) is 17.4. The average Bonchev–Trinajstić information content (AvgIpc) is 3.50. The second-order valence-electron chi connectivity index (χ2n) is 8.31. The van der Waals surface area contributed by atoms with E-state index in [0.717, 1.165) is 16.0 Å². The Balaban J connectivity index is 1.56. The molecule has 0 fully saturated rings. The minimum absolute atomic E-state index is 0.114. The van der Waals surface area contributed by atoms with Gasteiger partial charge in [0.15, 0.2) is 11.5 Å². The van der Waals surface area contributed by atoms with Gasteiger partial charge in [-0.1, -0.05) is 29.3 Å². The maximum atomic E-state index is 13.6. The summed E-state index contributed by atoms with van der Waals surface area (Å²) in [4.78, 5) is 31.2. The number of hydrogen-bond acceptors (Lipinski definition) is 6. The normalized spacial score (nSPS) is 12.0. The third kappa shape index (κ3) is 6.31. The first kappa shape index (κ1) is 26.3. The highest BCUT2D eigenvalue weighted by molar-refractivity contribution is 7.10. The molecule has 0 spiro atoms. The van der Waals surface area contributed by atoms with Gasteiger partial charge in [0.1, 0.15) is 6.54 Å². The van der Waals surface area contributed by atoms with Crippen LogP contribution >= 0.6 is 34.5 Å². The predicted molar refractivity (Wildman–Crippen MR) is 140 cm³/mol. The first-order valence-electron chi connectivity index (χ1n) is 11.3. The number of hydrogen-bond donors (Lipinski definition) is 0. The van der Waals surface area contributed by atoms with Gasteiger partial charge in [0, 0.05) is 30.6 Å². The molecule has 3 aromatic rings. The van der Waals surface area contributed by atoms with Crippen LogP contribution < -0.4 is 9.47 Å². The quantitative estimate of drug-likeness (QED) is 0.339. The van der Waals surface area contributed by atoms with Crippen molar-refractivity contribution in [1.29, 1.82) is 0 Å². The lowest BCUT2D eigenvalue weighted by Gasteiger charge is -2.28. The lowest BCUT2D eigenvalue weighted by molar-refractivity contribution is -0.133. The van der Waals surface area contributed by atoms with Gasteiger partial charge in [0.2, 0.25) is 12.7 Å². The number of benzene rings is 2. The van der Waals surface area contributed by atoms with Crippen LogP contribution in [0.5, 0.6) is 11.5 Å². The summed E-state index contributed by atoms with van der Waals surface area (Å²) >= 11 is 13.7. The molecule has 0 bridgehead atoms. The molecule has 0 N–H and O–H groups in total. The van der Waals surface area contributed by atoms with Gasteiger partial charge in [-0.25, -0.2) is 0 Å². The monoisotopic (exact) mass is 548 g/mol. The number of carbonyl (C=O) groups is 2. The summed E-state index contributed by atoms with van der Waals surface area (Å²) in [5.74, 6) is 0.826. The molecule has 0 aliphatic carbocycles. The van der Waals surface area contributed by atoms with E-state index in [2.05, 4.69) is 0 Å². The number of thiophene rings is 1. The molecule has 190 valence electrons. The molecule has 1 aromatic heterocycles. The lowest BCUT2D eigenvalue weighted by atomic mass is 10.1. The zero-order valence-corrected chi connectivity index (χ0v) is 22.3. The number of carbonyl (C=O) groups excluding carboxylic acids is 2. The van der Waals surface area contributed by atoms with Gasteiger partial charge < -0.3 is 24.0 Å². The molecule has 0 radical (unpaired) electrons. The van der Waals surface area contributed by atoms with Crippen molar-refractivity contribution in [3.8, 4) is 11.5 Å². The number of amides is 2. The lowest BCUT2D eigenvalue weighted by Crippen LogP contribution is -2.43. The van der Waals surface area contributed by atoms with Crippen molar-refractivity contribution in [1.82, 2.24) is 9.80 Å². The van der Waals surface area contributed by atoms with E-state index in [1.807, 2.05) is 36.6 Å². The number of fused-ring (bicyclic) bond motifs is 1. The fourth-order valence-corrected chi connectivity index (χ4v) is 4.98. The number of aryl methyl sites for hydroxylation is 1. The zero-order chi connectivity index (χ0) is 25.7. The topological polar surface area (TPSA) is 68.3 Å². The van der Waals surface area contributed by atoms with E-state index >= 15 is 0 Å². The molecule has 2 aromatic carbocycles. The Hall–Kier alpha value is -2.78. The molecule has 0 unspecified atom stereocenters. The van der Waals surface area contributed by atoms with Crippen molar-refractivity contribution in [2.24, 2.45) is 0 Å². The molecule has 2 heterocycles. The average molecular weight is 549 g/mol. The molecule has 1 aliphatic rings. The van der Waals surface area contributed by atoms with Gasteiger partial charge in [-0.15, -0.1) is 11.3 Å². The van der Waals surface area contributed by atoms with Crippen molar-refractivity contribution in [2.75, 3.05) is 33.6 Å². The molecule has 7 nitrogen and oxygen atoms in total. The van der Waals surface area contributed by atoms with Crippen LogP contribution in [0.2, 0.25) is 10.0 Å². The number of nitrogens with zero attached hydrogens (tertiary/aromatic N) is 2. The fourth-order valence-electron chi connectivity index (χ4n) is 3.76. The molecule has 0 saturated heterocycles. The van der Waals surface area contributed by atoms with Crippen molar-refractivity contribution < 1.29 is 23.8 Å². The minimum atomic E-state index is -0.325. The van der Waals surface area contributed by atoms with E-state index in [9.17, 15) is 9.59 Å². The van der Waals surface area contributed by atoms with E-state index in [1.165, 1.54) is 11.0 Å². The summed E-state index contributed by atoms with van der Waals surface area (Å²) in [5, 5.41) is 2.64. The van der Waals surface area contributed by atoms with Crippen molar-refractivity contribution in [3.63, 3.8) is 0 Å². The number of methoxy groups -OCH3 is 1. The van der Waals surface area contributed by atoms with Crippen LogP contribution in [-0.2, 0) is 22.6 Å². The SMILES string of the molecule is COCCN(CC(=O)N(Cc1ccc2c(c1)OCO2)Cc1sccc1C)C(=O)c1ccc(Cl)c(Cl)c1. The molecule has 10 heteroatoms. The molecule has 2 amide bonds. The maximum Gasteiger partial charge on any atom is 0.254 e. The standard InChI is InChI=1S/C26H26Cl2N2O5S/c1-17-7-10-36-24(17)14-30(13-18-3-6-22-23(11-18)35-16-34-22)25(31)15-29(8-9-33-2)26(32)19-4-5-20(27)21(28)12-19/h3-7,10-12H,8-9,13-16H2,1-2H3. The van der Waals surface area contributed by atoms with Gasteiger partial charge in [0.05, 0.1) is 23.2 Å². The van der Waals surface area contributed by atoms with Crippen LogP contribution in [0, 0.1) is 6.92 Å². The Morgan fingerprint density at radius 2 is 1.81 bits per heavy atom. The maximum absolute atomic E-state index is 13.6. The van der Waals surface area contributed by atoms with Crippen LogP contribution in [0.4, 0.5) is 0 Å². The van der Waals surface area contributed by atoms with Gasteiger partial charge in [-0.2, -0.15) is 0 Å². The highest BCUT2D eigenvalue weighted by Gasteiger charge is 2.24.